The van der Waals surface area contributed by atoms with Gasteiger partial charge in [0.05, 0.1) is 11.1 Å². The van der Waals surface area contributed by atoms with Crippen molar-refractivity contribution < 1.29 is 9.47 Å². The predicted molar refractivity (Wildman–Crippen MR) is 84.2 cm³/mol. The third-order valence-corrected chi connectivity index (χ3v) is 4.05. The average molecular weight is 357 g/mol. The van der Waals surface area contributed by atoms with E-state index in [1.54, 1.807) is 24.6 Å². The van der Waals surface area contributed by atoms with Gasteiger partial charge in [-0.25, -0.2) is 4.98 Å². The van der Waals surface area contributed by atoms with Gasteiger partial charge in [0, 0.05) is 37.3 Å². The molecule has 4 nitrogen and oxygen atoms in total. The molecule has 0 fully saturated rings. The van der Waals surface area contributed by atoms with E-state index < -0.39 is 0 Å². The number of benzene rings is 1. The zero-order chi connectivity index (χ0) is 14.2. The maximum Gasteiger partial charge on any atom is 0.140 e. The van der Waals surface area contributed by atoms with Crippen molar-refractivity contribution in [1.29, 1.82) is 0 Å². The van der Waals surface area contributed by atoms with Crippen molar-refractivity contribution in [2.75, 3.05) is 20.3 Å². The zero-order valence-electron chi connectivity index (χ0n) is 11.3. The van der Waals surface area contributed by atoms with E-state index in [9.17, 15) is 0 Å². The van der Waals surface area contributed by atoms with Gasteiger partial charge in [0.2, 0.25) is 0 Å². The summed E-state index contributed by atoms with van der Waals surface area (Å²) in [5, 5.41) is 6.25. The van der Waals surface area contributed by atoms with Crippen LogP contribution >= 0.6 is 27.3 Å². The summed E-state index contributed by atoms with van der Waals surface area (Å²) in [7, 11) is 1.70. The molecule has 0 aliphatic rings. The smallest absolute Gasteiger partial charge is 0.140 e. The molecule has 1 aromatic carbocycles. The summed E-state index contributed by atoms with van der Waals surface area (Å²) in [5.74, 6) is 0.868. The van der Waals surface area contributed by atoms with E-state index in [1.807, 2.05) is 17.5 Å². The maximum absolute atomic E-state index is 5.90. The van der Waals surface area contributed by atoms with Crippen LogP contribution in [0, 0.1) is 0 Å². The van der Waals surface area contributed by atoms with Crippen molar-refractivity contribution in [3.05, 3.63) is 44.8 Å². The van der Waals surface area contributed by atoms with E-state index in [0.717, 1.165) is 33.9 Å². The SMILES string of the molecule is COCCNCc1cccc(Br)c1OCc1nccs1. The van der Waals surface area contributed by atoms with Crippen LogP contribution in [0.4, 0.5) is 0 Å². The summed E-state index contributed by atoms with van der Waals surface area (Å²) < 4.78 is 11.9. The second-order valence-electron chi connectivity index (χ2n) is 4.11. The molecule has 6 heteroatoms. The molecular weight excluding hydrogens is 340 g/mol. The van der Waals surface area contributed by atoms with Crippen molar-refractivity contribution in [3.8, 4) is 5.75 Å². The van der Waals surface area contributed by atoms with Crippen LogP contribution in [0.2, 0.25) is 0 Å². The molecule has 2 rings (SSSR count). The van der Waals surface area contributed by atoms with Crippen LogP contribution in [0.1, 0.15) is 10.6 Å². The number of ether oxygens (including phenoxy) is 2. The van der Waals surface area contributed by atoms with Crippen molar-refractivity contribution in [3.63, 3.8) is 0 Å². The Kier molecular flexibility index (Phi) is 6.46. The van der Waals surface area contributed by atoms with Crippen LogP contribution in [-0.2, 0) is 17.9 Å². The summed E-state index contributed by atoms with van der Waals surface area (Å²) in [5.41, 5.74) is 1.12. The Morgan fingerprint density at radius 1 is 1.40 bits per heavy atom. The fourth-order valence-electron chi connectivity index (χ4n) is 1.71. The van der Waals surface area contributed by atoms with E-state index in [0.29, 0.717) is 13.2 Å². The van der Waals surface area contributed by atoms with Gasteiger partial charge in [-0.15, -0.1) is 11.3 Å². The molecule has 1 N–H and O–H groups in total. The molecule has 1 aromatic heterocycles. The topological polar surface area (TPSA) is 43.4 Å². The molecule has 0 atom stereocenters. The van der Waals surface area contributed by atoms with Crippen LogP contribution in [0.15, 0.2) is 34.2 Å². The molecule has 0 spiro atoms. The Hall–Kier alpha value is -0.950. The first-order valence-electron chi connectivity index (χ1n) is 6.29. The summed E-state index contributed by atoms with van der Waals surface area (Å²) in [6.07, 6.45) is 1.79. The fourth-order valence-corrected chi connectivity index (χ4v) is 2.76. The quantitative estimate of drug-likeness (QED) is 0.737. The Morgan fingerprint density at radius 3 is 3.05 bits per heavy atom. The lowest BCUT2D eigenvalue weighted by atomic mass is 10.2. The van der Waals surface area contributed by atoms with E-state index >= 15 is 0 Å². The number of halogens is 1. The highest BCUT2D eigenvalue weighted by Crippen LogP contribution is 2.30. The molecule has 1 heterocycles. The number of methoxy groups -OCH3 is 1. The van der Waals surface area contributed by atoms with Gasteiger partial charge in [-0.05, 0) is 22.0 Å². The molecular formula is C14H17BrN2O2S. The second kappa shape index (κ2) is 8.36. The first-order valence-corrected chi connectivity index (χ1v) is 7.96. The number of hydrogen-bond acceptors (Lipinski definition) is 5. The fraction of sp³-hybridized carbons (Fsp3) is 0.357. The van der Waals surface area contributed by atoms with Crippen molar-refractivity contribution >= 4 is 27.3 Å². The Morgan fingerprint density at radius 2 is 2.30 bits per heavy atom. The van der Waals surface area contributed by atoms with Crippen LogP contribution in [0.5, 0.6) is 5.75 Å². The molecule has 2 aromatic rings. The minimum atomic E-state index is 0.491. The summed E-state index contributed by atoms with van der Waals surface area (Å²) in [6.45, 7) is 2.75. The first-order chi connectivity index (χ1) is 9.81. The highest BCUT2D eigenvalue weighted by molar-refractivity contribution is 9.10. The lowest BCUT2D eigenvalue weighted by Crippen LogP contribution is -2.19. The van der Waals surface area contributed by atoms with Gasteiger partial charge in [0.25, 0.3) is 0 Å². The maximum atomic E-state index is 5.90. The van der Waals surface area contributed by atoms with E-state index in [4.69, 9.17) is 9.47 Å². The van der Waals surface area contributed by atoms with Crippen LogP contribution in [0.25, 0.3) is 0 Å². The van der Waals surface area contributed by atoms with Crippen LogP contribution < -0.4 is 10.1 Å². The average Bonchev–Trinajstić information content (AvgIpc) is 2.96. The lowest BCUT2D eigenvalue weighted by Gasteiger charge is -2.13. The molecule has 0 aliphatic carbocycles. The monoisotopic (exact) mass is 356 g/mol. The van der Waals surface area contributed by atoms with Gasteiger partial charge in [-0.1, -0.05) is 12.1 Å². The van der Waals surface area contributed by atoms with Crippen molar-refractivity contribution in [2.45, 2.75) is 13.2 Å². The minimum Gasteiger partial charge on any atom is -0.485 e. The second-order valence-corrected chi connectivity index (χ2v) is 5.95. The number of thiazole rings is 1. The van der Waals surface area contributed by atoms with Crippen LogP contribution in [0.3, 0.4) is 0 Å². The molecule has 0 bridgehead atoms. The number of nitrogens with one attached hydrogen (secondary N) is 1. The van der Waals surface area contributed by atoms with Crippen LogP contribution in [-0.4, -0.2) is 25.2 Å². The Labute approximate surface area is 131 Å². The Balaban J connectivity index is 1.98. The third-order valence-electron chi connectivity index (χ3n) is 2.67. The van der Waals surface area contributed by atoms with Crippen molar-refractivity contribution in [1.82, 2.24) is 10.3 Å². The molecule has 0 saturated carbocycles. The standard InChI is InChI=1S/C14H17BrN2O2S/c1-18-7-5-16-9-11-3-2-4-12(15)14(11)19-10-13-17-6-8-20-13/h2-4,6,8,16H,5,7,9-10H2,1H3. The summed E-state index contributed by atoms with van der Waals surface area (Å²) in [6, 6.07) is 6.05. The van der Waals surface area contributed by atoms with Gasteiger partial charge in [0.15, 0.2) is 0 Å². The number of aromatic nitrogens is 1. The van der Waals surface area contributed by atoms with E-state index in [-0.39, 0.29) is 0 Å². The van der Waals surface area contributed by atoms with E-state index in [1.165, 1.54) is 0 Å². The van der Waals surface area contributed by atoms with Gasteiger partial charge in [0.1, 0.15) is 17.4 Å². The largest absolute Gasteiger partial charge is 0.485 e. The van der Waals surface area contributed by atoms with Gasteiger partial charge in [-0.3, -0.25) is 0 Å². The summed E-state index contributed by atoms with van der Waals surface area (Å²) >= 11 is 5.13. The third kappa shape index (κ3) is 4.56. The van der Waals surface area contributed by atoms with Gasteiger partial charge < -0.3 is 14.8 Å². The minimum absolute atomic E-state index is 0.491. The molecule has 108 valence electrons. The summed E-state index contributed by atoms with van der Waals surface area (Å²) in [4.78, 5) is 4.22. The normalized spacial score (nSPS) is 10.7. The molecule has 0 aliphatic heterocycles. The molecule has 0 saturated heterocycles. The number of rotatable bonds is 8. The molecule has 0 radical (unpaired) electrons. The number of hydrogen-bond donors (Lipinski definition) is 1. The number of nitrogens with zero attached hydrogens (tertiary/aromatic N) is 1. The zero-order valence-corrected chi connectivity index (χ0v) is 13.7. The highest BCUT2D eigenvalue weighted by atomic mass is 79.9. The number of para-hydroxylation sites is 1. The molecule has 20 heavy (non-hydrogen) atoms. The lowest BCUT2D eigenvalue weighted by molar-refractivity contribution is 0.199. The van der Waals surface area contributed by atoms with Gasteiger partial charge in [-0.2, -0.15) is 0 Å². The highest BCUT2D eigenvalue weighted by Gasteiger charge is 2.09. The van der Waals surface area contributed by atoms with Crippen molar-refractivity contribution in [2.24, 2.45) is 0 Å². The predicted octanol–water partition coefficient (Wildman–Crippen LogP) is 3.22. The van der Waals surface area contributed by atoms with Gasteiger partial charge >= 0.3 is 0 Å². The Bertz CT molecular complexity index is 520. The molecule has 0 amide bonds. The van der Waals surface area contributed by atoms with E-state index in [2.05, 4.69) is 32.3 Å². The first kappa shape index (κ1) is 15.4. The molecule has 0 unspecified atom stereocenters.